The highest BCUT2D eigenvalue weighted by Gasteiger charge is 2.20. The van der Waals surface area contributed by atoms with Gasteiger partial charge in [-0.2, -0.15) is 0 Å². The molecule has 0 saturated heterocycles. The molecule has 2 N–H and O–H groups in total. The number of hydrogen-bond acceptors (Lipinski definition) is 5. The zero-order valence-electron chi connectivity index (χ0n) is 15.1. The van der Waals surface area contributed by atoms with E-state index >= 15 is 0 Å². The summed E-state index contributed by atoms with van der Waals surface area (Å²) in [5.74, 6) is -0.221. The van der Waals surface area contributed by atoms with Crippen LogP contribution >= 0.6 is 11.3 Å². The zero-order valence-corrected chi connectivity index (χ0v) is 15.9. The number of amides is 2. The van der Waals surface area contributed by atoms with Crippen LogP contribution in [0.2, 0.25) is 0 Å². The van der Waals surface area contributed by atoms with Crippen molar-refractivity contribution in [3.05, 3.63) is 45.4 Å². The Hall–Kier alpha value is -2.41. The van der Waals surface area contributed by atoms with Crippen LogP contribution in [0, 0.1) is 13.8 Å². The number of carbonyl (C=O) groups excluding carboxylic acids is 2. The summed E-state index contributed by atoms with van der Waals surface area (Å²) < 4.78 is 5.42. The van der Waals surface area contributed by atoms with Gasteiger partial charge >= 0.3 is 0 Å². The van der Waals surface area contributed by atoms with Gasteiger partial charge in [0.15, 0.2) is 6.61 Å². The van der Waals surface area contributed by atoms with Crippen LogP contribution in [0.4, 0.5) is 0 Å². The number of aromatic nitrogens is 1. The van der Waals surface area contributed by atoms with Crippen LogP contribution in [0.25, 0.3) is 0 Å². The third-order valence-corrected chi connectivity index (χ3v) is 4.96. The van der Waals surface area contributed by atoms with E-state index in [4.69, 9.17) is 4.74 Å². The monoisotopic (exact) mass is 361 g/mol. The molecule has 7 heteroatoms. The van der Waals surface area contributed by atoms with Gasteiger partial charge in [0.05, 0.1) is 11.2 Å². The predicted molar refractivity (Wildman–Crippen MR) is 97.8 cm³/mol. The van der Waals surface area contributed by atoms with Gasteiger partial charge in [0.25, 0.3) is 11.8 Å². The molecule has 6 nitrogen and oxygen atoms in total. The summed E-state index contributed by atoms with van der Waals surface area (Å²) in [5.41, 5.74) is 6.84. The molecule has 134 valence electrons. The standard InChI is InChI=1S/C18H23N3O3S/c1-11-6-7-13(8-12(11)2)24-10-15(22)20-21-16(23)14-9-19-17(25-14)18(3,4)5/h6-9H,10H2,1-5H3,(H,20,22)(H,21,23). The lowest BCUT2D eigenvalue weighted by atomic mass is 9.98. The summed E-state index contributed by atoms with van der Waals surface area (Å²) in [6.45, 7) is 9.88. The number of benzene rings is 1. The zero-order chi connectivity index (χ0) is 18.6. The molecular formula is C18H23N3O3S. The summed E-state index contributed by atoms with van der Waals surface area (Å²) in [5, 5.41) is 0.863. The van der Waals surface area contributed by atoms with Crippen molar-refractivity contribution >= 4 is 23.2 Å². The molecular weight excluding hydrogens is 338 g/mol. The molecule has 2 amide bonds. The van der Waals surface area contributed by atoms with Gasteiger partial charge in [-0.1, -0.05) is 26.8 Å². The molecule has 1 aromatic carbocycles. The average Bonchev–Trinajstić information content (AvgIpc) is 3.04. The second-order valence-electron chi connectivity index (χ2n) is 6.82. The first kappa shape index (κ1) is 18.9. The number of hydrogen-bond donors (Lipinski definition) is 2. The van der Waals surface area contributed by atoms with E-state index in [1.165, 1.54) is 17.5 Å². The van der Waals surface area contributed by atoms with Crippen molar-refractivity contribution in [3.8, 4) is 5.75 Å². The fourth-order valence-corrected chi connectivity index (χ4v) is 2.77. The smallest absolute Gasteiger partial charge is 0.281 e. The molecule has 25 heavy (non-hydrogen) atoms. The minimum Gasteiger partial charge on any atom is -0.484 e. The van der Waals surface area contributed by atoms with Crippen molar-refractivity contribution in [1.82, 2.24) is 15.8 Å². The molecule has 0 aliphatic rings. The quantitative estimate of drug-likeness (QED) is 0.821. The van der Waals surface area contributed by atoms with Crippen LogP contribution in [0.5, 0.6) is 5.75 Å². The fourth-order valence-electron chi connectivity index (χ4n) is 1.90. The SMILES string of the molecule is Cc1ccc(OCC(=O)NNC(=O)c2cnc(C(C)(C)C)s2)cc1C. The fraction of sp³-hybridized carbons (Fsp3) is 0.389. The Morgan fingerprint density at radius 1 is 1.16 bits per heavy atom. The van der Waals surface area contributed by atoms with Crippen LogP contribution in [-0.2, 0) is 10.2 Å². The van der Waals surface area contributed by atoms with E-state index in [0.29, 0.717) is 10.6 Å². The van der Waals surface area contributed by atoms with Gasteiger partial charge in [-0.25, -0.2) is 4.98 Å². The van der Waals surface area contributed by atoms with E-state index in [2.05, 4.69) is 15.8 Å². The van der Waals surface area contributed by atoms with E-state index in [9.17, 15) is 9.59 Å². The molecule has 0 aliphatic heterocycles. The Morgan fingerprint density at radius 2 is 1.88 bits per heavy atom. The number of rotatable bonds is 4. The molecule has 0 atom stereocenters. The van der Waals surface area contributed by atoms with Crippen LogP contribution in [0.1, 0.15) is 46.6 Å². The topological polar surface area (TPSA) is 80.3 Å². The third kappa shape index (κ3) is 5.29. The number of carbonyl (C=O) groups is 2. The van der Waals surface area contributed by atoms with Crippen LogP contribution in [-0.4, -0.2) is 23.4 Å². The van der Waals surface area contributed by atoms with Crippen molar-refractivity contribution in [1.29, 1.82) is 0 Å². The molecule has 1 aromatic heterocycles. The largest absolute Gasteiger partial charge is 0.484 e. The third-order valence-electron chi connectivity index (χ3n) is 3.53. The highest BCUT2D eigenvalue weighted by Crippen LogP contribution is 2.26. The number of nitrogens with one attached hydrogen (secondary N) is 2. The second kappa shape index (κ2) is 7.65. The van der Waals surface area contributed by atoms with Crippen molar-refractivity contribution in [2.24, 2.45) is 0 Å². The van der Waals surface area contributed by atoms with Gasteiger partial charge in [-0.15, -0.1) is 11.3 Å². The molecule has 0 radical (unpaired) electrons. The first-order valence-electron chi connectivity index (χ1n) is 7.92. The van der Waals surface area contributed by atoms with E-state index in [-0.39, 0.29) is 12.0 Å². The maximum absolute atomic E-state index is 12.0. The maximum atomic E-state index is 12.0. The Balaban J connectivity index is 1.82. The van der Waals surface area contributed by atoms with Crippen LogP contribution in [0.3, 0.4) is 0 Å². The van der Waals surface area contributed by atoms with Crippen LogP contribution < -0.4 is 15.6 Å². The van der Waals surface area contributed by atoms with Gasteiger partial charge in [0.2, 0.25) is 0 Å². The van der Waals surface area contributed by atoms with E-state index in [1.807, 2.05) is 46.8 Å². The molecule has 0 saturated carbocycles. The van der Waals surface area contributed by atoms with Crippen molar-refractivity contribution in [2.75, 3.05) is 6.61 Å². The number of thiazole rings is 1. The van der Waals surface area contributed by atoms with Gasteiger partial charge in [-0.3, -0.25) is 20.4 Å². The highest BCUT2D eigenvalue weighted by molar-refractivity contribution is 7.13. The number of ether oxygens (including phenoxy) is 1. The molecule has 0 unspecified atom stereocenters. The molecule has 2 aromatic rings. The van der Waals surface area contributed by atoms with Gasteiger partial charge < -0.3 is 4.74 Å². The van der Waals surface area contributed by atoms with Crippen molar-refractivity contribution in [3.63, 3.8) is 0 Å². The summed E-state index contributed by atoms with van der Waals surface area (Å²) in [6, 6.07) is 5.60. The Morgan fingerprint density at radius 3 is 2.48 bits per heavy atom. The average molecular weight is 361 g/mol. The van der Waals surface area contributed by atoms with Crippen LogP contribution in [0.15, 0.2) is 24.4 Å². The molecule has 0 fully saturated rings. The number of aryl methyl sites for hydroxylation is 2. The number of nitrogens with zero attached hydrogens (tertiary/aromatic N) is 1. The summed E-state index contributed by atoms with van der Waals surface area (Å²) in [4.78, 5) is 28.5. The van der Waals surface area contributed by atoms with Gasteiger partial charge in [-0.05, 0) is 37.1 Å². The molecule has 1 heterocycles. The van der Waals surface area contributed by atoms with Crippen molar-refractivity contribution in [2.45, 2.75) is 40.0 Å². The first-order valence-corrected chi connectivity index (χ1v) is 8.74. The molecule has 0 spiro atoms. The molecule has 0 bridgehead atoms. The second-order valence-corrected chi connectivity index (χ2v) is 7.85. The lowest BCUT2D eigenvalue weighted by Crippen LogP contribution is -2.43. The highest BCUT2D eigenvalue weighted by atomic mass is 32.1. The predicted octanol–water partition coefficient (Wildman–Crippen LogP) is 2.90. The molecule has 0 aliphatic carbocycles. The van der Waals surface area contributed by atoms with Gasteiger partial charge in [0.1, 0.15) is 10.6 Å². The van der Waals surface area contributed by atoms with Gasteiger partial charge in [0, 0.05) is 5.41 Å². The normalized spacial score (nSPS) is 11.1. The minimum absolute atomic E-state index is 0.119. The Labute approximate surface area is 151 Å². The number of hydrazine groups is 1. The Kier molecular flexibility index (Phi) is 5.79. The maximum Gasteiger partial charge on any atom is 0.281 e. The minimum atomic E-state index is -0.438. The lowest BCUT2D eigenvalue weighted by molar-refractivity contribution is -0.123. The van der Waals surface area contributed by atoms with Crippen molar-refractivity contribution < 1.29 is 14.3 Å². The first-order chi connectivity index (χ1) is 11.7. The Bertz CT molecular complexity index is 778. The molecule has 2 rings (SSSR count). The van der Waals surface area contributed by atoms with E-state index in [1.54, 1.807) is 6.07 Å². The lowest BCUT2D eigenvalue weighted by Gasteiger charge is -2.13. The summed E-state index contributed by atoms with van der Waals surface area (Å²) in [7, 11) is 0. The van der Waals surface area contributed by atoms with E-state index in [0.717, 1.165) is 16.1 Å². The summed E-state index contributed by atoms with van der Waals surface area (Å²) >= 11 is 1.31. The summed E-state index contributed by atoms with van der Waals surface area (Å²) in [6.07, 6.45) is 1.51. The van der Waals surface area contributed by atoms with E-state index < -0.39 is 11.8 Å².